The molecular weight excluding hydrogens is 252 g/mol. The summed E-state index contributed by atoms with van der Waals surface area (Å²) in [6.45, 7) is 10.7. The molecule has 0 saturated carbocycles. The third-order valence-corrected chi connectivity index (χ3v) is 3.87. The number of ether oxygens (including phenoxy) is 1. The number of aliphatic hydroxyl groups is 1. The maximum atomic E-state index is 10.0. The highest BCUT2D eigenvalue weighted by molar-refractivity contribution is 4.75. The molecule has 0 radical (unpaired) electrons. The molecule has 1 rings (SSSR count). The monoisotopic (exact) mass is 286 g/mol. The second kappa shape index (κ2) is 8.32. The molecule has 1 atom stereocenters. The number of hydrogen-bond acceptors (Lipinski definition) is 4. The third-order valence-electron chi connectivity index (χ3n) is 3.87. The number of rotatable bonds is 7. The molecule has 4 nitrogen and oxygen atoms in total. The van der Waals surface area contributed by atoms with Crippen molar-refractivity contribution in [1.82, 2.24) is 9.80 Å². The molecule has 0 bridgehead atoms. The van der Waals surface area contributed by atoms with Crippen LogP contribution in [0, 0.1) is 5.92 Å². The molecule has 4 heteroatoms. The molecule has 1 fully saturated rings. The van der Waals surface area contributed by atoms with Gasteiger partial charge in [-0.1, -0.05) is 0 Å². The minimum Gasteiger partial charge on any atom is -0.389 e. The number of aliphatic hydroxyl groups excluding tert-OH is 1. The summed E-state index contributed by atoms with van der Waals surface area (Å²) >= 11 is 0. The van der Waals surface area contributed by atoms with Gasteiger partial charge in [0, 0.05) is 6.54 Å². The van der Waals surface area contributed by atoms with Gasteiger partial charge in [-0.25, -0.2) is 0 Å². The zero-order valence-electron chi connectivity index (χ0n) is 14.1. The van der Waals surface area contributed by atoms with E-state index in [-0.39, 0.29) is 11.7 Å². The van der Waals surface area contributed by atoms with Crippen LogP contribution >= 0.6 is 0 Å². The van der Waals surface area contributed by atoms with E-state index in [0.29, 0.717) is 6.61 Å². The summed E-state index contributed by atoms with van der Waals surface area (Å²) in [6, 6.07) is 0. The molecule has 1 unspecified atom stereocenters. The van der Waals surface area contributed by atoms with Crippen molar-refractivity contribution in [2.45, 2.75) is 51.7 Å². The molecule has 0 aromatic heterocycles. The van der Waals surface area contributed by atoms with Crippen LogP contribution in [0.5, 0.6) is 0 Å². The van der Waals surface area contributed by atoms with Crippen LogP contribution in [-0.2, 0) is 4.74 Å². The van der Waals surface area contributed by atoms with Gasteiger partial charge in [-0.05, 0) is 79.7 Å². The Hall–Kier alpha value is -0.160. The molecule has 0 aromatic carbocycles. The number of likely N-dealkylation sites (tertiary alicyclic amines) is 1. The minimum absolute atomic E-state index is 0.167. The summed E-state index contributed by atoms with van der Waals surface area (Å²) in [6.07, 6.45) is 3.46. The fourth-order valence-electron chi connectivity index (χ4n) is 2.60. The lowest BCUT2D eigenvalue weighted by Crippen LogP contribution is -2.41. The molecule has 20 heavy (non-hydrogen) atoms. The van der Waals surface area contributed by atoms with E-state index in [2.05, 4.69) is 23.9 Å². The summed E-state index contributed by atoms with van der Waals surface area (Å²) in [5.41, 5.74) is -0.167. The van der Waals surface area contributed by atoms with Crippen molar-refractivity contribution in [2.24, 2.45) is 5.92 Å². The van der Waals surface area contributed by atoms with Crippen molar-refractivity contribution in [2.75, 3.05) is 46.9 Å². The van der Waals surface area contributed by atoms with Gasteiger partial charge in [0.25, 0.3) is 0 Å². The standard InChI is InChI=1S/C16H34N2O2/c1-16(2,3)20-13-15(19)12-18-10-7-14(8-11-18)6-9-17(4)5/h14-15,19H,6-13H2,1-5H3. The Balaban J connectivity index is 2.15. The lowest BCUT2D eigenvalue weighted by atomic mass is 9.93. The molecular formula is C16H34N2O2. The van der Waals surface area contributed by atoms with Crippen molar-refractivity contribution < 1.29 is 9.84 Å². The van der Waals surface area contributed by atoms with E-state index < -0.39 is 0 Å². The minimum atomic E-state index is -0.368. The molecule has 120 valence electrons. The SMILES string of the molecule is CN(C)CCC1CCN(CC(O)COC(C)(C)C)CC1. The first-order valence-electron chi connectivity index (χ1n) is 7.95. The maximum Gasteiger partial charge on any atom is 0.0900 e. The molecule has 1 aliphatic heterocycles. The Bertz CT molecular complexity index is 256. The highest BCUT2D eigenvalue weighted by Gasteiger charge is 2.22. The first kappa shape index (κ1) is 17.9. The van der Waals surface area contributed by atoms with E-state index in [9.17, 15) is 5.11 Å². The number of β-amino-alcohol motifs (C(OH)–C–C–N with tert-alkyl or cyclic N) is 1. The van der Waals surface area contributed by atoms with Crippen LogP contribution in [0.1, 0.15) is 40.0 Å². The summed E-state index contributed by atoms with van der Waals surface area (Å²) in [5, 5.41) is 10.0. The van der Waals surface area contributed by atoms with Crippen LogP contribution in [0.25, 0.3) is 0 Å². The van der Waals surface area contributed by atoms with E-state index in [1.165, 1.54) is 25.8 Å². The van der Waals surface area contributed by atoms with Crippen LogP contribution in [0.4, 0.5) is 0 Å². The fraction of sp³-hybridized carbons (Fsp3) is 1.00. The van der Waals surface area contributed by atoms with Gasteiger partial charge < -0.3 is 19.6 Å². The quantitative estimate of drug-likeness (QED) is 0.774. The van der Waals surface area contributed by atoms with Gasteiger partial charge in [0.15, 0.2) is 0 Å². The summed E-state index contributed by atoms with van der Waals surface area (Å²) < 4.78 is 5.64. The zero-order valence-corrected chi connectivity index (χ0v) is 14.1. The topological polar surface area (TPSA) is 35.9 Å². The van der Waals surface area contributed by atoms with Gasteiger partial charge in [0.05, 0.1) is 18.3 Å². The smallest absolute Gasteiger partial charge is 0.0900 e. The third kappa shape index (κ3) is 8.20. The molecule has 1 saturated heterocycles. The average molecular weight is 286 g/mol. The van der Waals surface area contributed by atoms with Gasteiger partial charge in [-0.15, -0.1) is 0 Å². The predicted octanol–water partition coefficient (Wildman–Crippen LogP) is 1.83. The molecule has 1 aliphatic rings. The Labute approximate surface area is 125 Å². The summed E-state index contributed by atoms with van der Waals surface area (Å²) in [7, 11) is 4.28. The summed E-state index contributed by atoms with van der Waals surface area (Å²) in [4.78, 5) is 4.64. The van der Waals surface area contributed by atoms with E-state index in [4.69, 9.17) is 4.74 Å². The van der Waals surface area contributed by atoms with Gasteiger partial charge >= 0.3 is 0 Å². The van der Waals surface area contributed by atoms with E-state index in [1.54, 1.807) is 0 Å². The second-order valence-electron chi connectivity index (χ2n) is 7.41. The summed E-state index contributed by atoms with van der Waals surface area (Å²) in [5.74, 6) is 0.858. The van der Waals surface area contributed by atoms with Crippen molar-refractivity contribution in [3.63, 3.8) is 0 Å². The first-order valence-corrected chi connectivity index (χ1v) is 7.95. The molecule has 0 spiro atoms. The Morgan fingerprint density at radius 1 is 1.25 bits per heavy atom. The highest BCUT2D eigenvalue weighted by atomic mass is 16.5. The largest absolute Gasteiger partial charge is 0.389 e. The maximum absolute atomic E-state index is 10.0. The average Bonchev–Trinajstić information content (AvgIpc) is 2.35. The molecule has 0 aliphatic carbocycles. The van der Waals surface area contributed by atoms with Crippen LogP contribution < -0.4 is 0 Å². The van der Waals surface area contributed by atoms with Crippen LogP contribution in [0.15, 0.2) is 0 Å². The van der Waals surface area contributed by atoms with Crippen molar-refractivity contribution >= 4 is 0 Å². The Kier molecular flexibility index (Phi) is 7.45. The van der Waals surface area contributed by atoms with Crippen LogP contribution in [0.2, 0.25) is 0 Å². The lowest BCUT2D eigenvalue weighted by Gasteiger charge is -2.34. The van der Waals surface area contributed by atoms with E-state index in [1.807, 2.05) is 20.8 Å². The zero-order chi connectivity index (χ0) is 15.2. The fourth-order valence-corrected chi connectivity index (χ4v) is 2.60. The molecule has 0 aromatic rings. The number of hydrogen-bond donors (Lipinski definition) is 1. The van der Waals surface area contributed by atoms with Crippen LogP contribution in [-0.4, -0.2) is 73.5 Å². The second-order valence-corrected chi connectivity index (χ2v) is 7.41. The van der Waals surface area contributed by atoms with Crippen molar-refractivity contribution in [1.29, 1.82) is 0 Å². The predicted molar refractivity (Wildman–Crippen MR) is 84.0 cm³/mol. The normalized spacial score (nSPS) is 20.6. The Morgan fingerprint density at radius 2 is 1.85 bits per heavy atom. The van der Waals surface area contributed by atoms with Crippen molar-refractivity contribution in [3.05, 3.63) is 0 Å². The van der Waals surface area contributed by atoms with Crippen LogP contribution in [0.3, 0.4) is 0 Å². The van der Waals surface area contributed by atoms with E-state index >= 15 is 0 Å². The van der Waals surface area contributed by atoms with Crippen molar-refractivity contribution in [3.8, 4) is 0 Å². The first-order chi connectivity index (χ1) is 9.26. The molecule has 1 N–H and O–H groups in total. The number of piperidine rings is 1. The van der Waals surface area contributed by atoms with Gasteiger partial charge in [-0.3, -0.25) is 0 Å². The lowest BCUT2D eigenvalue weighted by molar-refractivity contribution is -0.0579. The highest BCUT2D eigenvalue weighted by Crippen LogP contribution is 2.20. The van der Waals surface area contributed by atoms with E-state index in [0.717, 1.165) is 25.6 Å². The van der Waals surface area contributed by atoms with Gasteiger partial charge in [0.1, 0.15) is 0 Å². The number of nitrogens with zero attached hydrogens (tertiary/aromatic N) is 2. The Morgan fingerprint density at radius 3 is 2.35 bits per heavy atom. The van der Waals surface area contributed by atoms with Gasteiger partial charge in [-0.2, -0.15) is 0 Å². The molecule has 0 amide bonds. The molecule has 1 heterocycles. The van der Waals surface area contributed by atoms with Gasteiger partial charge in [0.2, 0.25) is 0 Å².